The van der Waals surface area contributed by atoms with Crippen molar-refractivity contribution in [2.75, 3.05) is 19.6 Å². The van der Waals surface area contributed by atoms with Crippen molar-refractivity contribution in [1.82, 2.24) is 10.2 Å². The molecule has 20 heavy (non-hydrogen) atoms. The Labute approximate surface area is 124 Å². The normalized spacial score (nSPS) is 35.6. The third kappa shape index (κ3) is 3.02. The van der Waals surface area contributed by atoms with E-state index in [1.54, 1.807) is 11.1 Å². The predicted molar refractivity (Wildman–Crippen MR) is 87.4 cm³/mol. The Kier molecular flexibility index (Phi) is 4.34. The first kappa shape index (κ1) is 14.4. The molecule has 110 valence electrons. The summed E-state index contributed by atoms with van der Waals surface area (Å²) in [5.41, 5.74) is 9.09. The number of nitrogens with one attached hydrogen (secondary N) is 1. The monoisotopic (exact) mass is 273 g/mol. The van der Waals surface area contributed by atoms with Crippen LogP contribution < -0.4 is 11.1 Å². The van der Waals surface area contributed by atoms with Gasteiger partial charge in [-0.2, -0.15) is 0 Å². The molecule has 0 spiro atoms. The zero-order valence-corrected chi connectivity index (χ0v) is 12.9. The van der Waals surface area contributed by atoms with Crippen LogP contribution in [0.3, 0.4) is 0 Å². The summed E-state index contributed by atoms with van der Waals surface area (Å²) in [5.74, 6) is 1.68. The summed E-state index contributed by atoms with van der Waals surface area (Å²) < 4.78 is 0. The maximum Gasteiger partial charge on any atom is 0.107 e. The Morgan fingerprint density at radius 2 is 2.25 bits per heavy atom. The fourth-order valence-electron chi connectivity index (χ4n) is 4.08. The van der Waals surface area contributed by atoms with Gasteiger partial charge in [0.1, 0.15) is 7.85 Å². The molecule has 2 fully saturated rings. The highest BCUT2D eigenvalue weighted by molar-refractivity contribution is 6.10. The van der Waals surface area contributed by atoms with Crippen LogP contribution in [0.2, 0.25) is 6.32 Å². The van der Waals surface area contributed by atoms with E-state index in [0.717, 1.165) is 24.8 Å². The lowest BCUT2D eigenvalue weighted by atomic mass is 9.79. The number of hydrogen-bond donors (Lipinski definition) is 2. The standard InChI is InChI=1S/C16H28BN3/c1-11-4-12(2-3-14(11)7-17)5-13-9-20(10-13)15-6-16(18)19-8-15/h2-3,12-13,15-16,19H,4-10,17-18H2,1H3. The second-order valence-corrected chi connectivity index (χ2v) is 6.94. The van der Waals surface area contributed by atoms with Crippen LogP contribution in [0.1, 0.15) is 26.2 Å². The van der Waals surface area contributed by atoms with E-state index >= 15 is 0 Å². The van der Waals surface area contributed by atoms with Gasteiger partial charge >= 0.3 is 0 Å². The highest BCUT2D eigenvalue weighted by Crippen LogP contribution is 2.33. The van der Waals surface area contributed by atoms with Crippen LogP contribution in [-0.2, 0) is 0 Å². The Bertz CT molecular complexity index is 412. The van der Waals surface area contributed by atoms with Crippen LogP contribution in [0.5, 0.6) is 0 Å². The molecular weight excluding hydrogens is 245 g/mol. The second-order valence-electron chi connectivity index (χ2n) is 6.94. The van der Waals surface area contributed by atoms with Crippen molar-refractivity contribution in [1.29, 1.82) is 0 Å². The summed E-state index contributed by atoms with van der Waals surface area (Å²) in [5, 5.41) is 3.35. The molecule has 3 unspecified atom stereocenters. The van der Waals surface area contributed by atoms with E-state index in [-0.39, 0.29) is 6.17 Å². The first-order chi connectivity index (χ1) is 9.65. The first-order valence-electron chi connectivity index (χ1n) is 8.25. The summed E-state index contributed by atoms with van der Waals surface area (Å²) >= 11 is 0. The molecule has 0 radical (unpaired) electrons. The Morgan fingerprint density at radius 3 is 2.85 bits per heavy atom. The molecule has 3 rings (SSSR count). The topological polar surface area (TPSA) is 41.3 Å². The van der Waals surface area contributed by atoms with Crippen LogP contribution >= 0.6 is 0 Å². The van der Waals surface area contributed by atoms with Crippen LogP contribution in [0, 0.1) is 11.8 Å². The van der Waals surface area contributed by atoms with Crippen molar-refractivity contribution in [3.63, 3.8) is 0 Å². The van der Waals surface area contributed by atoms with Crippen molar-refractivity contribution in [3.8, 4) is 0 Å². The van der Waals surface area contributed by atoms with Gasteiger partial charge in [-0.25, -0.2) is 0 Å². The molecule has 3 atom stereocenters. The third-order valence-electron chi connectivity index (χ3n) is 5.35. The molecule has 0 bridgehead atoms. The molecule has 0 aromatic carbocycles. The van der Waals surface area contributed by atoms with Crippen molar-refractivity contribution in [2.45, 2.75) is 44.7 Å². The molecule has 0 amide bonds. The van der Waals surface area contributed by atoms with Gasteiger partial charge in [0, 0.05) is 25.7 Å². The molecule has 0 saturated carbocycles. The lowest BCUT2D eigenvalue weighted by Gasteiger charge is -2.44. The zero-order valence-electron chi connectivity index (χ0n) is 12.9. The zero-order chi connectivity index (χ0) is 14.1. The van der Waals surface area contributed by atoms with Gasteiger partial charge in [-0.3, -0.25) is 4.90 Å². The number of hydrogen-bond acceptors (Lipinski definition) is 3. The Balaban J connectivity index is 1.42. The number of rotatable bonds is 4. The van der Waals surface area contributed by atoms with E-state index in [1.165, 1.54) is 32.3 Å². The molecule has 0 aromatic rings. The summed E-state index contributed by atoms with van der Waals surface area (Å²) in [6.07, 6.45) is 10.0. The number of likely N-dealkylation sites (tertiary alicyclic amines) is 1. The molecule has 2 heterocycles. The minimum Gasteiger partial charge on any atom is -0.316 e. The molecule has 3 aliphatic rings. The average Bonchev–Trinajstić information content (AvgIpc) is 2.80. The summed E-state index contributed by atoms with van der Waals surface area (Å²) in [4.78, 5) is 2.62. The molecule has 2 saturated heterocycles. The van der Waals surface area contributed by atoms with Gasteiger partial charge in [0.25, 0.3) is 0 Å². The van der Waals surface area contributed by atoms with E-state index in [9.17, 15) is 0 Å². The quantitative estimate of drug-likeness (QED) is 0.748. The van der Waals surface area contributed by atoms with Crippen molar-refractivity contribution in [3.05, 3.63) is 23.3 Å². The first-order valence-corrected chi connectivity index (χ1v) is 8.25. The second kappa shape index (κ2) is 6.04. The van der Waals surface area contributed by atoms with Gasteiger partial charge in [-0.15, -0.1) is 0 Å². The van der Waals surface area contributed by atoms with Crippen molar-refractivity contribution >= 4 is 7.85 Å². The number of nitrogens with zero attached hydrogens (tertiary/aromatic N) is 1. The molecule has 3 N–H and O–H groups in total. The van der Waals surface area contributed by atoms with Crippen LogP contribution in [-0.4, -0.2) is 44.6 Å². The number of nitrogens with two attached hydrogens (primary N) is 1. The van der Waals surface area contributed by atoms with Gasteiger partial charge in [0.2, 0.25) is 0 Å². The van der Waals surface area contributed by atoms with Gasteiger partial charge in [-0.05, 0) is 38.0 Å². The van der Waals surface area contributed by atoms with Gasteiger partial charge in [0.05, 0.1) is 6.17 Å². The van der Waals surface area contributed by atoms with Crippen LogP contribution in [0.4, 0.5) is 0 Å². The van der Waals surface area contributed by atoms with E-state index in [0.29, 0.717) is 6.04 Å². The Morgan fingerprint density at radius 1 is 1.45 bits per heavy atom. The van der Waals surface area contributed by atoms with Gasteiger partial charge in [-0.1, -0.05) is 29.6 Å². The SMILES string of the molecule is BCC1=C(C)CC(CC2CN(C3CNC(N)C3)C2)C=C1. The minimum absolute atomic E-state index is 0.223. The van der Waals surface area contributed by atoms with E-state index < -0.39 is 0 Å². The lowest BCUT2D eigenvalue weighted by molar-refractivity contribution is 0.0486. The summed E-state index contributed by atoms with van der Waals surface area (Å²) in [6.45, 7) is 5.96. The average molecular weight is 273 g/mol. The molecule has 3 nitrogen and oxygen atoms in total. The fourth-order valence-corrected chi connectivity index (χ4v) is 4.08. The van der Waals surface area contributed by atoms with Crippen molar-refractivity contribution < 1.29 is 0 Å². The van der Waals surface area contributed by atoms with Gasteiger partial charge < -0.3 is 11.1 Å². The summed E-state index contributed by atoms with van der Waals surface area (Å²) in [6, 6.07) is 0.691. The van der Waals surface area contributed by atoms with Crippen LogP contribution in [0.15, 0.2) is 23.3 Å². The molecule has 2 aliphatic heterocycles. The van der Waals surface area contributed by atoms with E-state index in [1.807, 2.05) is 0 Å². The molecule has 0 aromatic heterocycles. The van der Waals surface area contributed by atoms with Crippen molar-refractivity contribution in [2.24, 2.45) is 17.6 Å². The largest absolute Gasteiger partial charge is 0.316 e. The molecule has 1 aliphatic carbocycles. The van der Waals surface area contributed by atoms with Gasteiger partial charge in [0.15, 0.2) is 0 Å². The van der Waals surface area contributed by atoms with E-state index in [4.69, 9.17) is 5.73 Å². The fraction of sp³-hybridized carbons (Fsp3) is 0.750. The number of allylic oxidation sites excluding steroid dienone is 4. The minimum atomic E-state index is 0.223. The molecular formula is C16H28BN3. The Hall–Kier alpha value is -0.575. The highest BCUT2D eigenvalue weighted by atomic mass is 15.3. The molecule has 4 heteroatoms. The maximum atomic E-state index is 5.92. The predicted octanol–water partition coefficient (Wildman–Crippen LogP) is 0.899. The third-order valence-corrected chi connectivity index (χ3v) is 5.35. The summed E-state index contributed by atoms with van der Waals surface area (Å²) in [7, 11) is 2.26. The lowest BCUT2D eigenvalue weighted by Crippen LogP contribution is -2.53. The van der Waals surface area contributed by atoms with E-state index in [2.05, 4.69) is 37.1 Å². The highest BCUT2D eigenvalue weighted by Gasteiger charge is 2.36. The van der Waals surface area contributed by atoms with Crippen LogP contribution in [0.25, 0.3) is 0 Å². The smallest absolute Gasteiger partial charge is 0.107 e. The maximum absolute atomic E-state index is 5.92.